The van der Waals surface area contributed by atoms with Crippen molar-refractivity contribution in [2.24, 2.45) is 13.0 Å². The van der Waals surface area contributed by atoms with Crippen molar-refractivity contribution in [3.63, 3.8) is 0 Å². The van der Waals surface area contributed by atoms with Crippen LogP contribution in [0.15, 0.2) is 59.6 Å². The third kappa shape index (κ3) is 4.13. The third-order valence-electron chi connectivity index (χ3n) is 5.80. The summed E-state index contributed by atoms with van der Waals surface area (Å²) in [6.07, 6.45) is 3.29. The van der Waals surface area contributed by atoms with Crippen molar-refractivity contribution < 1.29 is 13.2 Å². The zero-order chi connectivity index (χ0) is 21.3. The van der Waals surface area contributed by atoms with Gasteiger partial charge in [-0.2, -0.15) is 4.31 Å². The van der Waals surface area contributed by atoms with Crippen LogP contribution in [0.3, 0.4) is 0 Å². The number of carbonyl (C=O) groups excluding carboxylic acids is 1. The molecule has 2 aromatic carbocycles. The maximum Gasteiger partial charge on any atom is 0.243 e. The predicted molar refractivity (Wildman–Crippen MR) is 117 cm³/mol. The van der Waals surface area contributed by atoms with Crippen LogP contribution in [0.25, 0.3) is 10.9 Å². The minimum Gasteiger partial charge on any atom is -0.352 e. The van der Waals surface area contributed by atoms with Crippen LogP contribution in [-0.2, 0) is 28.4 Å². The highest BCUT2D eigenvalue weighted by Crippen LogP contribution is 2.26. The van der Waals surface area contributed by atoms with Gasteiger partial charge in [0.25, 0.3) is 0 Å². The topological polar surface area (TPSA) is 71.4 Å². The summed E-state index contributed by atoms with van der Waals surface area (Å²) >= 11 is 0. The zero-order valence-electron chi connectivity index (χ0n) is 17.3. The van der Waals surface area contributed by atoms with Crippen LogP contribution < -0.4 is 5.32 Å². The molecule has 1 aliphatic heterocycles. The molecule has 30 heavy (non-hydrogen) atoms. The Morgan fingerprint density at radius 2 is 2.00 bits per heavy atom. The molecule has 1 aliphatic rings. The molecule has 0 saturated carbocycles. The lowest BCUT2D eigenvalue weighted by atomic mass is 9.98. The standard InChI is InChI=1S/C23H27N3O3S/c1-17-5-3-6-18(13-17)15-24-23(27)20-7-4-11-26(16-20)30(28,29)21-8-9-22-19(14-21)10-12-25(22)2/h3,5-6,8-10,12-14,20H,4,7,11,15-16H2,1-2H3,(H,24,27)/t20-/m0/s1. The van der Waals surface area contributed by atoms with Gasteiger partial charge in [0.05, 0.1) is 10.8 Å². The Labute approximate surface area is 177 Å². The smallest absolute Gasteiger partial charge is 0.243 e. The van der Waals surface area contributed by atoms with Crippen LogP contribution in [0.5, 0.6) is 0 Å². The fraction of sp³-hybridized carbons (Fsp3) is 0.348. The Balaban J connectivity index is 1.46. The number of hydrogen-bond donors (Lipinski definition) is 1. The number of nitrogens with one attached hydrogen (secondary N) is 1. The first-order chi connectivity index (χ1) is 14.3. The van der Waals surface area contributed by atoms with Crippen LogP contribution in [0.4, 0.5) is 0 Å². The first-order valence-electron chi connectivity index (χ1n) is 10.2. The highest BCUT2D eigenvalue weighted by atomic mass is 32.2. The molecule has 1 amide bonds. The molecule has 1 N–H and O–H groups in total. The second-order valence-electron chi connectivity index (χ2n) is 8.06. The Morgan fingerprint density at radius 3 is 2.80 bits per heavy atom. The maximum atomic E-state index is 13.2. The van der Waals surface area contributed by atoms with Crippen molar-refractivity contribution in [1.82, 2.24) is 14.2 Å². The first kappa shape index (κ1) is 20.6. The number of nitrogens with zero attached hydrogens (tertiary/aromatic N) is 2. The molecule has 0 bridgehead atoms. The Kier molecular flexibility index (Phi) is 5.66. The van der Waals surface area contributed by atoms with Crippen LogP contribution in [0.2, 0.25) is 0 Å². The number of aromatic nitrogens is 1. The first-order valence-corrected chi connectivity index (χ1v) is 11.7. The average molecular weight is 426 g/mol. The number of fused-ring (bicyclic) bond motifs is 1. The van der Waals surface area contributed by atoms with E-state index in [9.17, 15) is 13.2 Å². The number of aryl methyl sites for hydroxylation is 2. The lowest BCUT2D eigenvalue weighted by Gasteiger charge is -2.31. The molecule has 1 aromatic heterocycles. The number of piperidine rings is 1. The highest BCUT2D eigenvalue weighted by Gasteiger charge is 2.33. The molecule has 1 fully saturated rings. The largest absolute Gasteiger partial charge is 0.352 e. The molecular formula is C23H27N3O3S. The molecule has 4 rings (SSSR count). The van der Waals surface area contributed by atoms with Gasteiger partial charge in [-0.1, -0.05) is 29.8 Å². The summed E-state index contributed by atoms with van der Waals surface area (Å²) in [6, 6.07) is 15.1. The summed E-state index contributed by atoms with van der Waals surface area (Å²) in [5.41, 5.74) is 3.17. The van der Waals surface area contributed by atoms with Crippen LogP contribution in [-0.4, -0.2) is 36.3 Å². The molecule has 6 nitrogen and oxygen atoms in total. The van der Waals surface area contributed by atoms with Crippen molar-refractivity contribution in [3.8, 4) is 0 Å². The molecule has 0 radical (unpaired) electrons. The summed E-state index contributed by atoms with van der Waals surface area (Å²) in [5, 5.41) is 3.86. The molecule has 3 aromatic rings. The van der Waals surface area contributed by atoms with E-state index >= 15 is 0 Å². The lowest BCUT2D eigenvalue weighted by molar-refractivity contribution is -0.126. The van der Waals surface area contributed by atoms with Crippen LogP contribution >= 0.6 is 0 Å². The molecule has 1 atom stereocenters. The zero-order valence-corrected chi connectivity index (χ0v) is 18.2. The average Bonchev–Trinajstić information content (AvgIpc) is 3.12. The van der Waals surface area contributed by atoms with Gasteiger partial charge in [-0.25, -0.2) is 8.42 Å². The fourth-order valence-electron chi connectivity index (χ4n) is 4.10. The number of amides is 1. The summed E-state index contributed by atoms with van der Waals surface area (Å²) in [4.78, 5) is 13.0. The van der Waals surface area contributed by atoms with Crippen molar-refractivity contribution in [3.05, 3.63) is 65.9 Å². The fourth-order valence-corrected chi connectivity index (χ4v) is 5.66. The monoisotopic (exact) mass is 425 g/mol. The van der Waals surface area contributed by atoms with Gasteiger partial charge in [-0.05, 0) is 49.6 Å². The number of rotatable bonds is 5. The number of benzene rings is 2. The van der Waals surface area contributed by atoms with Gasteiger partial charge in [-0.3, -0.25) is 4.79 Å². The van der Waals surface area contributed by atoms with Crippen LogP contribution in [0, 0.1) is 12.8 Å². The summed E-state index contributed by atoms with van der Waals surface area (Å²) in [7, 11) is -1.71. The summed E-state index contributed by atoms with van der Waals surface area (Å²) in [5.74, 6) is -0.422. The van der Waals surface area contributed by atoms with Gasteiger partial charge in [0.2, 0.25) is 15.9 Å². The SMILES string of the molecule is Cc1cccc(CNC(=O)[C@H]2CCCN(S(=O)(=O)c3ccc4c(ccn4C)c3)C2)c1. The Hall–Kier alpha value is -2.64. The van der Waals surface area contributed by atoms with E-state index in [1.165, 1.54) is 4.31 Å². The van der Waals surface area contributed by atoms with Gasteiger partial charge in [0.1, 0.15) is 0 Å². The highest BCUT2D eigenvalue weighted by molar-refractivity contribution is 7.89. The molecule has 0 unspecified atom stereocenters. The minimum atomic E-state index is -3.64. The van der Waals surface area contributed by atoms with Crippen LogP contribution in [0.1, 0.15) is 24.0 Å². The van der Waals surface area contributed by atoms with Gasteiger partial charge >= 0.3 is 0 Å². The van der Waals surface area contributed by atoms with Gasteiger partial charge < -0.3 is 9.88 Å². The van der Waals surface area contributed by atoms with E-state index in [4.69, 9.17) is 0 Å². The molecule has 7 heteroatoms. The van der Waals surface area contributed by atoms with Gasteiger partial charge in [0.15, 0.2) is 0 Å². The van der Waals surface area contributed by atoms with E-state index in [1.54, 1.807) is 12.1 Å². The molecule has 2 heterocycles. The molecule has 0 aliphatic carbocycles. The van der Waals surface area contributed by atoms with E-state index in [0.29, 0.717) is 25.9 Å². The van der Waals surface area contributed by atoms with Crippen molar-refractivity contribution >= 4 is 26.8 Å². The molecule has 0 spiro atoms. The molecular weight excluding hydrogens is 398 g/mol. The van der Waals surface area contributed by atoms with E-state index < -0.39 is 10.0 Å². The number of carbonyl (C=O) groups is 1. The second-order valence-corrected chi connectivity index (χ2v) is 9.99. The number of sulfonamides is 1. The molecule has 1 saturated heterocycles. The molecule has 158 valence electrons. The third-order valence-corrected chi connectivity index (χ3v) is 7.66. The summed E-state index contributed by atoms with van der Waals surface area (Å²) in [6.45, 7) is 3.13. The number of hydrogen-bond acceptors (Lipinski definition) is 3. The quantitative estimate of drug-likeness (QED) is 0.682. The Morgan fingerprint density at radius 1 is 1.17 bits per heavy atom. The van der Waals surface area contributed by atoms with E-state index in [1.807, 2.05) is 61.1 Å². The summed E-state index contributed by atoms with van der Waals surface area (Å²) < 4.78 is 29.8. The van der Waals surface area contributed by atoms with Crippen molar-refractivity contribution in [2.45, 2.75) is 31.2 Å². The Bertz CT molecular complexity index is 1180. The lowest BCUT2D eigenvalue weighted by Crippen LogP contribution is -2.45. The van der Waals surface area contributed by atoms with Gasteiger partial charge in [0, 0.05) is 43.8 Å². The van der Waals surface area contributed by atoms with Gasteiger partial charge in [-0.15, -0.1) is 0 Å². The second kappa shape index (κ2) is 8.24. The normalized spacial score (nSPS) is 17.9. The van der Waals surface area contributed by atoms with E-state index in [-0.39, 0.29) is 23.3 Å². The maximum absolute atomic E-state index is 13.2. The minimum absolute atomic E-state index is 0.0880. The predicted octanol–water partition coefficient (Wildman–Crippen LogP) is 3.20. The van der Waals surface area contributed by atoms with Crippen molar-refractivity contribution in [1.29, 1.82) is 0 Å². The van der Waals surface area contributed by atoms with Crippen molar-refractivity contribution in [2.75, 3.05) is 13.1 Å². The van der Waals surface area contributed by atoms with E-state index in [0.717, 1.165) is 22.0 Å². The van der Waals surface area contributed by atoms with E-state index in [2.05, 4.69) is 5.32 Å².